The van der Waals surface area contributed by atoms with Crippen molar-refractivity contribution in [1.82, 2.24) is 30.0 Å². The van der Waals surface area contributed by atoms with Gasteiger partial charge in [0.05, 0.1) is 5.69 Å². The monoisotopic (exact) mass is 322 g/mol. The first-order valence-electron chi connectivity index (χ1n) is 8.36. The van der Waals surface area contributed by atoms with Crippen LogP contribution in [-0.4, -0.2) is 49.6 Å². The van der Waals surface area contributed by atoms with Crippen LogP contribution in [0.2, 0.25) is 0 Å². The van der Waals surface area contributed by atoms with Crippen LogP contribution < -0.4 is 10.2 Å². The predicted molar refractivity (Wildman–Crippen MR) is 89.0 cm³/mol. The number of anilines is 2. The van der Waals surface area contributed by atoms with E-state index >= 15 is 0 Å². The maximum atomic E-state index is 4.52. The van der Waals surface area contributed by atoms with E-state index in [9.17, 15) is 0 Å². The van der Waals surface area contributed by atoms with Gasteiger partial charge in [-0.1, -0.05) is 0 Å². The first kappa shape index (κ1) is 13.6. The highest BCUT2D eigenvalue weighted by Gasteiger charge is 2.28. The second-order valence-corrected chi connectivity index (χ2v) is 6.53. The zero-order valence-corrected chi connectivity index (χ0v) is 13.3. The van der Waals surface area contributed by atoms with Crippen molar-refractivity contribution in [2.24, 2.45) is 5.92 Å². The number of rotatable bonds is 4. The van der Waals surface area contributed by atoms with Crippen molar-refractivity contribution in [3.8, 4) is 0 Å². The summed E-state index contributed by atoms with van der Waals surface area (Å²) in [5, 5.41) is 24.4. The van der Waals surface area contributed by atoms with Crippen molar-refractivity contribution >= 4 is 17.3 Å². The summed E-state index contributed by atoms with van der Waals surface area (Å²) in [6.07, 6.45) is 5.04. The molecule has 0 aromatic carbocycles. The normalized spacial score (nSPS) is 17.1. The SMILES string of the molecule is c1cc2nncn2nc1N1CC(CNc2cc3c(nn2)CCC3)C1. The molecule has 122 valence electrons. The lowest BCUT2D eigenvalue weighted by Gasteiger charge is -2.40. The molecule has 0 atom stereocenters. The Hall–Kier alpha value is -2.77. The van der Waals surface area contributed by atoms with E-state index in [1.807, 2.05) is 12.1 Å². The Bertz CT molecular complexity index is 883. The van der Waals surface area contributed by atoms with Crippen LogP contribution in [0, 0.1) is 5.92 Å². The lowest BCUT2D eigenvalue weighted by molar-refractivity contribution is 0.424. The summed E-state index contributed by atoms with van der Waals surface area (Å²) >= 11 is 0. The topological polar surface area (TPSA) is 84.1 Å². The average molecular weight is 322 g/mol. The maximum Gasteiger partial charge on any atom is 0.177 e. The van der Waals surface area contributed by atoms with Gasteiger partial charge in [0.15, 0.2) is 5.65 Å². The quantitative estimate of drug-likeness (QED) is 0.765. The van der Waals surface area contributed by atoms with E-state index in [4.69, 9.17) is 0 Å². The van der Waals surface area contributed by atoms with Gasteiger partial charge in [0, 0.05) is 25.6 Å². The van der Waals surface area contributed by atoms with Gasteiger partial charge in [0.2, 0.25) is 0 Å². The minimum Gasteiger partial charge on any atom is -0.368 e. The van der Waals surface area contributed by atoms with Crippen LogP contribution in [0.15, 0.2) is 24.5 Å². The van der Waals surface area contributed by atoms with Gasteiger partial charge in [-0.25, -0.2) is 0 Å². The Kier molecular flexibility index (Phi) is 3.07. The molecule has 0 unspecified atom stereocenters. The number of fused-ring (bicyclic) bond motifs is 2. The number of hydrogen-bond acceptors (Lipinski definition) is 7. The summed E-state index contributed by atoms with van der Waals surface area (Å²) in [6, 6.07) is 6.11. The Morgan fingerprint density at radius 1 is 1.12 bits per heavy atom. The van der Waals surface area contributed by atoms with Crippen LogP contribution in [-0.2, 0) is 12.8 Å². The van der Waals surface area contributed by atoms with Gasteiger partial charge in [-0.3, -0.25) is 0 Å². The molecule has 1 fully saturated rings. The molecular formula is C16H18N8. The van der Waals surface area contributed by atoms with Crippen molar-refractivity contribution in [3.63, 3.8) is 0 Å². The van der Waals surface area contributed by atoms with Crippen molar-refractivity contribution in [3.05, 3.63) is 35.8 Å². The second-order valence-electron chi connectivity index (χ2n) is 6.53. The highest BCUT2D eigenvalue weighted by molar-refractivity contribution is 5.47. The number of aromatic nitrogens is 6. The van der Waals surface area contributed by atoms with E-state index in [0.717, 1.165) is 49.8 Å². The largest absolute Gasteiger partial charge is 0.368 e. The summed E-state index contributed by atoms with van der Waals surface area (Å²) in [5.41, 5.74) is 3.30. The third-order valence-electron chi connectivity index (χ3n) is 4.82. The van der Waals surface area contributed by atoms with E-state index < -0.39 is 0 Å². The number of nitrogens with zero attached hydrogens (tertiary/aromatic N) is 7. The first-order chi connectivity index (χ1) is 11.8. The molecule has 3 aromatic heterocycles. The maximum absolute atomic E-state index is 4.52. The highest BCUT2D eigenvalue weighted by Crippen LogP contribution is 2.24. The molecule has 24 heavy (non-hydrogen) atoms. The molecule has 1 aliphatic heterocycles. The van der Waals surface area contributed by atoms with E-state index in [1.54, 1.807) is 10.8 Å². The number of nitrogens with one attached hydrogen (secondary N) is 1. The molecule has 0 spiro atoms. The Morgan fingerprint density at radius 3 is 3.04 bits per heavy atom. The van der Waals surface area contributed by atoms with Crippen molar-refractivity contribution < 1.29 is 0 Å². The summed E-state index contributed by atoms with van der Waals surface area (Å²) < 4.78 is 1.71. The van der Waals surface area contributed by atoms with Gasteiger partial charge in [-0.05, 0) is 43.0 Å². The Balaban J connectivity index is 1.18. The third kappa shape index (κ3) is 2.34. The molecule has 1 N–H and O–H groups in total. The van der Waals surface area contributed by atoms with E-state index in [-0.39, 0.29) is 0 Å². The standard InChI is InChI=1S/C16H18N8/c1-2-12-6-14(20-19-13(12)3-1)17-7-11-8-23(9-11)16-5-4-15-21-18-10-24(15)22-16/h4-6,10-11H,1-3,7-9H2,(H,17,20). The summed E-state index contributed by atoms with van der Waals surface area (Å²) in [6.45, 7) is 2.90. The summed E-state index contributed by atoms with van der Waals surface area (Å²) in [7, 11) is 0. The van der Waals surface area contributed by atoms with Gasteiger partial charge in [0.1, 0.15) is 18.0 Å². The second kappa shape index (κ2) is 5.40. The van der Waals surface area contributed by atoms with Crippen LogP contribution in [0.4, 0.5) is 11.6 Å². The minimum absolute atomic E-state index is 0.596. The summed E-state index contributed by atoms with van der Waals surface area (Å²) in [5.74, 6) is 2.47. The molecule has 1 aliphatic carbocycles. The fourth-order valence-electron chi connectivity index (χ4n) is 3.44. The van der Waals surface area contributed by atoms with Crippen LogP contribution in [0.5, 0.6) is 0 Å². The summed E-state index contributed by atoms with van der Waals surface area (Å²) in [4.78, 5) is 2.26. The lowest BCUT2D eigenvalue weighted by Crippen LogP contribution is -2.50. The van der Waals surface area contributed by atoms with Crippen molar-refractivity contribution in [2.75, 3.05) is 29.9 Å². The molecule has 0 radical (unpaired) electrons. The molecule has 5 rings (SSSR count). The number of aryl methyl sites for hydroxylation is 2. The molecule has 0 bridgehead atoms. The van der Waals surface area contributed by atoms with E-state index in [0.29, 0.717) is 5.92 Å². The molecule has 3 aromatic rings. The van der Waals surface area contributed by atoms with Crippen LogP contribution in [0.3, 0.4) is 0 Å². The molecular weight excluding hydrogens is 304 g/mol. The van der Waals surface area contributed by atoms with Crippen LogP contribution in [0.1, 0.15) is 17.7 Å². The van der Waals surface area contributed by atoms with Crippen molar-refractivity contribution in [1.29, 1.82) is 0 Å². The predicted octanol–water partition coefficient (Wildman–Crippen LogP) is 0.951. The Morgan fingerprint density at radius 2 is 2.08 bits per heavy atom. The van der Waals surface area contributed by atoms with E-state index in [1.165, 1.54) is 17.7 Å². The Labute approximate surface area is 138 Å². The minimum atomic E-state index is 0.596. The molecule has 8 heteroatoms. The smallest absolute Gasteiger partial charge is 0.177 e. The van der Waals surface area contributed by atoms with E-state index in [2.05, 4.69) is 41.8 Å². The fraction of sp³-hybridized carbons (Fsp3) is 0.438. The van der Waals surface area contributed by atoms with Gasteiger partial charge in [0.25, 0.3) is 0 Å². The molecule has 0 amide bonds. The zero-order chi connectivity index (χ0) is 15.9. The van der Waals surface area contributed by atoms with Gasteiger partial charge >= 0.3 is 0 Å². The fourth-order valence-corrected chi connectivity index (χ4v) is 3.44. The van der Waals surface area contributed by atoms with Crippen molar-refractivity contribution in [2.45, 2.75) is 19.3 Å². The third-order valence-corrected chi connectivity index (χ3v) is 4.82. The van der Waals surface area contributed by atoms with Crippen LogP contribution >= 0.6 is 0 Å². The lowest BCUT2D eigenvalue weighted by atomic mass is 10.0. The van der Waals surface area contributed by atoms with Crippen LogP contribution in [0.25, 0.3) is 5.65 Å². The van der Waals surface area contributed by atoms with Gasteiger partial charge < -0.3 is 10.2 Å². The zero-order valence-electron chi connectivity index (χ0n) is 13.3. The molecule has 1 saturated heterocycles. The number of hydrogen-bond donors (Lipinski definition) is 1. The first-order valence-corrected chi connectivity index (χ1v) is 8.36. The average Bonchev–Trinajstić information content (AvgIpc) is 3.21. The van der Waals surface area contributed by atoms with Gasteiger partial charge in [-0.2, -0.15) is 9.61 Å². The molecule has 4 heterocycles. The molecule has 8 nitrogen and oxygen atoms in total. The van der Waals surface area contributed by atoms with Gasteiger partial charge in [-0.15, -0.1) is 20.4 Å². The highest BCUT2D eigenvalue weighted by atomic mass is 15.4. The molecule has 2 aliphatic rings. The molecule has 0 saturated carbocycles.